The number of carbonyl (C=O) groups excluding carboxylic acids is 1. The van der Waals surface area contributed by atoms with E-state index in [4.69, 9.17) is 5.11 Å². The van der Waals surface area contributed by atoms with Crippen molar-refractivity contribution in [3.05, 3.63) is 35.4 Å². The zero-order valence-electron chi connectivity index (χ0n) is 12.2. The third kappa shape index (κ3) is 3.18. The molecule has 7 heteroatoms. The minimum absolute atomic E-state index is 0.142. The van der Waals surface area contributed by atoms with Gasteiger partial charge in [0.25, 0.3) is 0 Å². The smallest absolute Gasteiger partial charge is 0.416 e. The molecule has 3 atom stereocenters. The van der Waals surface area contributed by atoms with Gasteiger partial charge in [-0.3, -0.25) is 9.59 Å². The highest BCUT2D eigenvalue weighted by Crippen LogP contribution is 2.49. The first kappa shape index (κ1) is 15.8. The number of hydrogen-bond donors (Lipinski definition) is 1. The molecular weight excluding hydrogens is 311 g/mol. The average Bonchev–Trinajstić information content (AvgIpc) is 3.13. The van der Waals surface area contributed by atoms with E-state index in [9.17, 15) is 22.8 Å². The molecule has 1 N–H and O–H groups in total. The van der Waals surface area contributed by atoms with Crippen molar-refractivity contribution >= 4 is 11.9 Å². The first-order chi connectivity index (χ1) is 10.8. The maximum atomic E-state index is 12.7. The number of rotatable bonds is 3. The van der Waals surface area contributed by atoms with E-state index in [1.54, 1.807) is 6.07 Å². The van der Waals surface area contributed by atoms with E-state index < -0.39 is 23.6 Å². The number of benzene rings is 1. The van der Waals surface area contributed by atoms with Crippen LogP contribution in [0.15, 0.2) is 24.3 Å². The normalized spacial score (nSPS) is 27.1. The third-order valence-electron chi connectivity index (χ3n) is 4.60. The predicted molar refractivity (Wildman–Crippen MR) is 74.6 cm³/mol. The lowest BCUT2D eigenvalue weighted by Gasteiger charge is -2.16. The predicted octanol–water partition coefficient (Wildman–Crippen LogP) is 2.74. The summed E-state index contributed by atoms with van der Waals surface area (Å²) in [7, 11) is 0. The lowest BCUT2D eigenvalue weighted by molar-refractivity contribution is -0.141. The second-order valence-electron chi connectivity index (χ2n) is 6.18. The molecule has 1 aromatic carbocycles. The van der Waals surface area contributed by atoms with Crippen molar-refractivity contribution in [3.63, 3.8) is 0 Å². The molecule has 0 spiro atoms. The van der Waals surface area contributed by atoms with E-state index in [0.29, 0.717) is 24.9 Å². The summed E-state index contributed by atoms with van der Waals surface area (Å²) in [6, 6.07) is 5.08. The zero-order chi connectivity index (χ0) is 16.8. The van der Waals surface area contributed by atoms with Crippen LogP contribution < -0.4 is 0 Å². The quantitative estimate of drug-likeness (QED) is 0.929. The van der Waals surface area contributed by atoms with Crippen LogP contribution >= 0.6 is 0 Å². The number of nitrogens with zero attached hydrogens (tertiary/aromatic N) is 1. The Hall–Kier alpha value is -2.05. The largest absolute Gasteiger partial charge is 0.481 e. The topological polar surface area (TPSA) is 57.6 Å². The molecule has 1 aromatic rings. The van der Waals surface area contributed by atoms with Crippen LogP contribution in [0.4, 0.5) is 13.2 Å². The number of alkyl halides is 3. The van der Waals surface area contributed by atoms with Gasteiger partial charge in [-0.15, -0.1) is 0 Å². The maximum absolute atomic E-state index is 12.7. The fourth-order valence-electron chi connectivity index (χ4n) is 3.18. The highest BCUT2D eigenvalue weighted by molar-refractivity contribution is 5.84. The summed E-state index contributed by atoms with van der Waals surface area (Å²) in [5.41, 5.74) is -0.188. The fraction of sp³-hybridized carbons (Fsp3) is 0.500. The Bertz CT molecular complexity index is 644. The van der Waals surface area contributed by atoms with E-state index in [-0.39, 0.29) is 24.3 Å². The Morgan fingerprint density at radius 2 is 2.00 bits per heavy atom. The van der Waals surface area contributed by atoms with Crippen molar-refractivity contribution in [3.8, 4) is 0 Å². The molecule has 1 heterocycles. The van der Waals surface area contributed by atoms with Crippen molar-refractivity contribution in [1.82, 2.24) is 4.90 Å². The third-order valence-corrected chi connectivity index (χ3v) is 4.60. The van der Waals surface area contributed by atoms with Crippen LogP contribution in [0.1, 0.15) is 29.9 Å². The molecule has 124 valence electrons. The SMILES string of the molecule is O=C(O)[C@@H]1CCN(C(=O)[C@H]2C[C@H]2c2cccc(C(F)(F)F)c2)C1. The van der Waals surface area contributed by atoms with Gasteiger partial charge in [0.1, 0.15) is 0 Å². The van der Waals surface area contributed by atoms with E-state index in [1.807, 2.05) is 0 Å². The number of carboxylic acids is 1. The van der Waals surface area contributed by atoms with Crippen molar-refractivity contribution in [1.29, 1.82) is 0 Å². The van der Waals surface area contributed by atoms with Gasteiger partial charge in [0, 0.05) is 19.0 Å². The molecule has 1 saturated heterocycles. The standard InChI is InChI=1S/C16H16F3NO3/c17-16(18,19)11-3-1-2-9(6-11)12-7-13(12)14(21)20-5-4-10(8-20)15(22)23/h1-3,6,10,12-13H,4-5,7-8H2,(H,22,23)/t10-,12+,13+/m1/s1. The first-order valence-electron chi connectivity index (χ1n) is 7.46. The lowest BCUT2D eigenvalue weighted by Crippen LogP contribution is -2.31. The number of halogens is 3. The number of hydrogen-bond acceptors (Lipinski definition) is 2. The van der Waals surface area contributed by atoms with Gasteiger partial charge in [0.15, 0.2) is 0 Å². The zero-order valence-corrected chi connectivity index (χ0v) is 12.2. The van der Waals surface area contributed by atoms with Gasteiger partial charge in [-0.1, -0.05) is 18.2 Å². The van der Waals surface area contributed by atoms with Crippen molar-refractivity contribution in [2.45, 2.75) is 24.9 Å². The second kappa shape index (κ2) is 5.54. The van der Waals surface area contributed by atoms with Crippen molar-refractivity contribution in [2.24, 2.45) is 11.8 Å². The summed E-state index contributed by atoms with van der Waals surface area (Å²) >= 11 is 0. The number of amides is 1. The maximum Gasteiger partial charge on any atom is 0.416 e. The molecule has 0 aromatic heterocycles. The van der Waals surface area contributed by atoms with Crippen LogP contribution in [-0.4, -0.2) is 35.0 Å². The number of likely N-dealkylation sites (tertiary alicyclic amines) is 1. The summed E-state index contributed by atoms with van der Waals surface area (Å²) in [4.78, 5) is 24.8. The lowest BCUT2D eigenvalue weighted by atomic mass is 10.1. The summed E-state index contributed by atoms with van der Waals surface area (Å²) < 4.78 is 38.2. The number of carbonyl (C=O) groups is 2. The molecule has 2 fully saturated rings. The molecule has 1 amide bonds. The van der Waals surface area contributed by atoms with Crippen LogP contribution in [0.5, 0.6) is 0 Å². The average molecular weight is 327 g/mol. The Morgan fingerprint density at radius 3 is 2.61 bits per heavy atom. The van der Waals surface area contributed by atoms with Crippen molar-refractivity contribution < 1.29 is 27.9 Å². The summed E-state index contributed by atoms with van der Waals surface area (Å²) in [5, 5.41) is 8.96. The number of aliphatic carboxylic acids is 1. The molecule has 0 bridgehead atoms. The van der Waals surface area contributed by atoms with Gasteiger partial charge in [0.2, 0.25) is 5.91 Å². The van der Waals surface area contributed by atoms with Gasteiger partial charge in [-0.2, -0.15) is 13.2 Å². The molecule has 1 aliphatic heterocycles. The van der Waals surface area contributed by atoms with Crippen LogP contribution in [-0.2, 0) is 15.8 Å². The minimum Gasteiger partial charge on any atom is -0.481 e. The van der Waals surface area contributed by atoms with Gasteiger partial charge in [-0.25, -0.2) is 0 Å². The van der Waals surface area contributed by atoms with Gasteiger partial charge >= 0.3 is 12.1 Å². The molecule has 0 radical (unpaired) electrons. The van der Waals surface area contributed by atoms with E-state index in [2.05, 4.69) is 0 Å². The van der Waals surface area contributed by atoms with Gasteiger partial charge in [-0.05, 0) is 30.4 Å². The Labute approximate surface area is 130 Å². The van der Waals surface area contributed by atoms with E-state index in [1.165, 1.54) is 11.0 Å². The van der Waals surface area contributed by atoms with E-state index >= 15 is 0 Å². The van der Waals surface area contributed by atoms with Crippen LogP contribution in [0.3, 0.4) is 0 Å². The fourth-order valence-corrected chi connectivity index (χ4v) is 3.18. The molecule has 1 saturated carbocycles. The Kier molecular flexibility index (Phi) is 3.82. The van der Waals surface area contributed by atoms with Crippen molar-refractivity contribution in [2.75, 3.05) is 13.1 Å². The Morgan fingerprint density at radius 1 is 1.26 bits per heavy atom. The first-order valence-corrected chi connectivity index (χ1v) is 7.46. The van der Waals surface area contributed by atoms with Gasteiger partial charge in [0.05, 0.1) is 11.5 Å². The number of carboxylic acid groups (broad SMARTS) is 1. The molecule has 4 nitrogen and oxygen atoms in total. The minimum atomic E-state index is -4.39. The van der Waals surface area contributed by atoms with Crippen LogP contribution in [0, 0.1) is 11.8 Å². The molecule has 0 unspecified atom stereocenters. The van der Waals surface area contributed by atoms with Gasteiger partial charge < -0.3 is 10.0 Å². The molecular formula is C16H16F3NO3. The van der Waals surface area contributed by atoms with Crippen LogP contribution in [0.25, 0.3) is 0 Å². The van der Waals surface area contributed by atoms with Crippen LogP contribution in [0.2, 0.25) is 0 Å². The molecule has 3 rings (SSSR count). The second-order valence-corrected chi connectivity index (χ2v) is 6.18. The van der Waals surface area contributed by atoms with E-state index in [0.717, 1.165) is 12.1 Å². The highest BCUT2D eigenvalue weighted by Gasteiger charge is 2.47. The molecule has 2 aliphatic rings. The monoisotopic (exact) mass is 327 g/mol. The molecule has 1 aliphatic carbocycles. The molecule has 23 heavy (non-hydrogen) atoms. The summed E-state index contributed by atoms with van der Waals surface area (Å²) in [6.45, 7) is 0.599. The summed E-state index contributed by atoms with van der Waals surface area (Å²) in [6.07, 6.45) is -3.44. The highest BCUT2D eigenvalue weighted by atomic mass is 19.4. The Balaban J connectivity index is 1.66. The summed E-state index contributed by atoms with van der Waals surface area (Å²) in [5.74, 6) is -2.12.